The molecule has 40 heavy (non-hydrogen) atoms. The molecule has 0 radical (unpaired) electrons. The Bertz CT molecular complexity index is 1400. The van der Waals surface area contributed by atoms with Crippen LogP contribution < -0.4 is 9.47 Å². The summed E-state index contributed by atoms with van der Waals surface area (Å²) in [4.78, 5) is 31.8. The number of hydrogen-bond acceptors (Lipinski definition) is 7. The van der Waals surface area contributed by atoms with Gasteiger partial charge in [0.1, 0.15) is 11.7 Å². The first kappa shape index (κ1) is 26.5. The van der Waals surface area contributed by atoms with Crippen molar-refractivity contribution in [1.82, 2.24) is 9.80 Å². The van der Waals surface area contributed by atoms with Gasteiger partial charge < -0.3 is 19.1 Å². The molecule has 2 bridgehead atoms. The van der Waals surface area contributed by atoms with E-state index in [2.05, 4.69) is 26.9 Å². The molecule has 3 fully saturated rings. The number of carbonyl (C=O) groups excluding carboxylic acids is 2. The molecule has 1 amide bonds. The topological polar surface area (TPSA) is 68.3 Å². The molecule has 9 heteroatoms. The zero-order valence-corrected chi connectivity index (χ0v) is 25.6. The molecular weight excluding hydrogens is 592 g/mol. The number of hydrogen-bond donors (Lipinski definition) is 0. The van der Waals surface area contributed by atoms with Gasteiger partial charge in [0.2, 0.25) is 5.91 Å². The van der Waals surface area contributed by atoms with Gasteiger partial charge in [0.05, 0.1) is 24.6 Å². The molecule has 1 saturated heterocycles. The number of thiophene rings is 1. The number of methoxy groups -OCH3 is 1. The van der Waals surface area contributed by atoms with Gasteiger partial charge in [-0.1, -0.05) is 6.07 Å². The van der Waals surface area contributed by atoms with Gasteiger partial charge in [0.25, 0.3) is 0 Å². The van der Waals surface area contributed by atoms with Crippen molar-refractivity contribution in [3.8, 4) is 11.5 Å². The summed E-state index contributed by atoms with van der Waals surface area (Å²) in [7, 11) is 3.55. The Balaban J connectivity index is 1.32. The number of esters is 1. The van der Waals surface area contributed by atoms with Gasteiger partial charge in [-0.2, -0.15) is 0 Å². The number of nitrogens with zero attached hydrogens (tertiary/aromatic N) is 2. The number of carbonyl (C=O) groups is 2. The first-order valence-electron chi connectivity index (χ1n) is 14.3. The number of likely N-dealkylation sites (N-methyl/N-ethyl adjacent to an activating group) is 1. The lowest BCUT2D eigenvalue weighted by molar-refractivity contribution is -0.223. The molecule has 1 spiro atoms. The molecule has 0 N–H and O–H groups in total. The third-order valence-corrected chi connectivity index (χ3v) is 11.7. The second kappa shape index (κ2) is 9.60. The van der Waals surface area contributed by atoms with Gasteiger partial charge in [-0.25, -0.2) is 0 Å². The van der Waals surface area contributed by atoms with Crippen molar-refractivity contribution >= 4 is 45.2 Å². The standard InChI is InChI=1S/C31H35BrN2O5S/c1-18(35)39-31-11-10-23(33(2)26(36)9-7-22-15-21(32)17-40-22)29-30(31)12-13-34(16-19-4-5-19)25(31)14-20-6-8-24(37-3)28(38-29)27(20)30/h6-9,15,17,19,23,25,29H,4-5,10-14,16H2,1-3H3/b9-7+/t23-,25+,29-,30-,31+/m0/s1. The van der Waals surface area contributed by atoms with Crippen LogP contribution in [-0.2, 0) is 26.2 Å². The summed E-state index contributed by atoms with van der Waals surface area (Å²) < 4.78 is 20.3. The van der Waals surface area contributed by atoms with Crippen LogP contribution in [0.1, 0.15) is 55.0 Å². The average Bonchev–Trinajstić information content (AvgIpc) is 3.54. The summed E-state index contributed by atoms with van der Waals surface area (Å²) in [6.07, 6.45) is 8.78. The second-order valence-corrected chi connectivity index (χ2v) is 13.9. The van der Waals surface area contributed by atoms with E-state index in [1.165, 1.54) is 25.3 Å². The van der Waals surface area contributed by atoms with Gasteiger partial charge in [0, 0.05) is 46.9 Å². The van der Waals surface area contributed by atoms with Crippen LogP contribution in [0.3, 0.4) is 0 Å². The zero-order valence-electron chi connectivity index (χ0n) is 23.2. The Hall–Kier alpha value is -2.36. The van der Waals surface area contributed by atoms with Crippen molar-refractivity contribution in [2.75, 3.05) is 27.2 Å². The van der Waals surface area contributed by atoms with Crippen LogP contribution in [0, 0.1) is 5.92 Å². The van der Waals surface area contributed by atoms with Crippen molar-refractivity contribution in [1.29, 1.82) is 0 Å². The summed E-state index contributed by atoms with van der Waals surface area (Å²) in [6, 6.07) is 6.10. The Kier molecular flexibility index (Phi) is 6.37. The fourth-order valence-corrected chi connectivity index (χ4v) is 9.62. The highest BCUT2D eigenvalue weighted by molar-refractivity contribution is 9.10. The largest absolute Gasteiger partial charge is 0.493 e. The molecule has 2 saturated carbocycles. The molecule has 3 heterocycles. The minimum absolute atomic E-state index is 0.0591. The highest BCUT2D eigenvalue weighted by atomic mass is 79.9. The van der Waals surface area contributed by atoms with Crippen LogP contribution in [0.15, 0.2) is 34.1 Å². The van der Waals surface area contributed by atoms with Crippen LogP contribution in [0.2, 0.25) is 0 Å². The van der Waals surface area contributed by atoms with Gasteiger partial charge in [0.15, 0.2) is 11.5 Å². The molecule has 0 unspecified atom stereocenters. The van der Waals surface area contributed by atoms with E-state index in [-0.39, 0.29) is 30.1 Å². The number of piperidine rings is 1. The fraction of sp³-hybridized carbons (Fsp3) is 0.548. The molecule has 3 aliphatic carbocycles. The molecule has 7 rings (SSSR count). The Labute approximate surface area is 247 Å². The SMILES string of the molecule is COc1ccc2c3c1O[C@H]1[C@@H](N(C)C(=O)/C=C/c4cc(Br)cs4)CC[C@@]4(OC(C)=O)[C@@H](C2)N(CC2CC2)CC[C@]314. The molecule has 1 aromatic carbocycles. The number of halogens is 1. The van der Waals surface area contributed by atoms with Crippen LogP contribution in [-0.4, -0.2) is 72.7 Å². The summed E-state index contributed by atoms with van der Waals surface area (Å²) >= 11 is 5.07. The highest BCUT2D eigenvalue weighted by Crippen LogP contribution is 2.67. The van der Waals surface area contributed by atoms with Crippen molar-refractivity contribution < 1.29 is 23.8 Å². The molecule has 5 atom stereocenters. The lowest BCUT2D eigenvalue weighted by Crippen LogP contribution is -2.79. The van der Waals surface area contributed by atoms with E-state index in [1.54, 1.807) is 24.5 Å². The van der Waals surface area contributed by atoms with E-state index < -0.39 is 11.0 Å². The highest BCUT2D eigenvalue weighted by Gasteiger charge is 2.75. The monoisotopic (exact) mass is 626 g/mol. The predicted octanol–water partition coefficient (Wildman–Crippen LogP) is 5.19. The van der Waals surface area contributed by atoms with E-state index in [4.69, 9.17) is 14.2 Å². The van der Waals surface area contributed by atoms with Crippen LogP contribution in [0.25, 0.3) is 6.08 Å². The third-order valence-electron chi connectivity index (χ3n) is 10.0. The van der Waals surface area contributed by atoms with Crippen LogP contribution >= 0.6 is 27.3 Å². The molecular formula is C31H35BrN2O5S. The van der Waals surface area contributed by atoms with Gasteiger partial charge in [-0.15, -0.1) is 11.3 Å². The summed E-state index contributed by atoms with van der Waals surface area (Å²) in [5.41, 5.74) is 1.15. The van der Waals surface area contributed by atoms with Crippen molar-refractivity contribution in [2.45, 2.75) is 74.7 Å². The van der Waals surface area contributed by atoms with Gasteiger partial charge in [-0.3, -0.25) is 14.5 Å². The molecule has 1 aromatic heterocycles. The van der Waals surface area contributed by atoms with Crippen molar-refractivity contribution in [3.63, 3.8) is 0 Å². The third kappa shape index (κ3) is 3.83. The van der Waals surface area contributed by atoms with E-state index in [0.717, 1.165) is 52.5 Å². The summed E-state index contributed by atoms with van der Waals surface area (Å²) in [5, 5.41) is 2.01. The van der Waals surface area contributed by atoms with E-state index in [9.17, 15) is 9.59 Å². The maximum Gasteiger partial charge on any atom is 0.303 e. The molecule has 7 nitrogen and oxygen atoms in total. The maximum absolute atomic E-state index is 13.5. The maximum atomic E-state index is 13.5. The fourth-order valence-electron chi connectivity index (χ4n) is 8.29. The van der Waals surface area contributed by atoms with Crippen LogP contribution in [0.4, 0.5) is 0 Å². The molecule has 2 aliphatic heterocycles. The number of ether oxygens (including phenoxy) is 3. The van der Waals surface area contributed by atoms with E-state index in [0.29, 0.717) is 18.6 Å². The quantitative estimate of drug-likeness (QED) is 0.311. The van der Waals surface area contributed by atoms with E-state index >= 15 is 0 Å². The van der Waals surface area contributed by atoms with Gasteiger partial charge in [-0.05, 0) is 90.7 Å². The van der Waals surface area contributed by atoms with Crippen molar-refractivity contribution in [2.24, 2.45) is 5.92 Å². The average molecular weight is 628 g/mol. The lowest BCUT2D eigenvalue weighted by Gasteiger charge is -2.65. The number of benzene rings is 1. The Morgan fingerprint density at radius 2 is 2.10 bits per heavy atom. The number of amides is 1. The molecule has 2 aromatic rings. The smallest absolute Gasteiger partial charge is 0.303 e. The second-order valence-electron chi connectivity index (χ2n) is 12.1. The molecule has 212 valence electrons. The summed E-state index contributed by atoms with van der Waals surface area (Å²) in [6.45, 7) is 3.52. The van der Waals surface area contributed by atoms with E-state index in [1.807, 2.05) is 35.5 Å². The van der Waals surface area contributed by atoms with Gasteiger partial charge >= 0.3 is 5.97 Å². The first-order chi connectivity index (χ1) is 19.3. The lowest BCUT2D eigenvalue weighted by atomic mass is 9.48. The number of rotatable bonds is 7. The minimum atomic E-state index is -0.708. The normalized spacial score (nSPS) is 31.9. The number of likely N-dealkylation sites (tertiary alicyclic amines) is 1. The first-order valence-corrected chi connectivity index (χ1v) is 15.9. The minimum Gasteiger partial charge on any atom is -0.493 e. The zero-order chi connectivity index (χ0) is 27.8. The Morgan fingerprint density at radius 3 is 2.80 bits per heavy atom. The Morgan fingerprint density at radius 1 is 1.27 bits per heavy atom. The van der Waals surface area contributed by atoms with Crippen LogP contribution in [0.5, 0.6) is 11.5 Å². The molecule has 5 aliphatic rings. The summed E-state index contributed by atoms with van der Waals surface area (Å²) in [5.74, 6) is 1.90. The van der Waals surface area contributed by atoms with Crippen molar-refractivity contribution in [3.05, 3.63) is 50.1 Å². The predicted molar refractivity (Wildman–Crippen MR) is 157 cm³/mol.